The zero-order valence-corrected chi connectivity index (χ0v) is 13.0. The molecular weight excluding hydrogens is 276 g/mol. The standard InChI is InChI=1S/C14H22N2O3S/c1-4-10-16(13(3)17)11-9-15-20(18,19)14-7-5-12(2)6-8-14/h5-8,15H,4,9-11H2,1-3H3. The Bertz CT molecular complexity index is 538. The molecular formula is C14H22N2O3S. The average Bonchev–Trinajstić information content (AvgIpc) is 2.38. The van der Waals surface area contributed by atoms with Crippen molar-refractivity contribution < 1.29 is 13.2 Å². The molecule has 0 radical (unpaired) electrons. The van der Waals surface area contributed by atoms with Crippen molar-refractivity contribution in [2.75, 3.05) is 19.6 Å². The number of rotatable bonds is 7. The van der Waals surface area contributed by atoms with Crippen LogP contribution >= 0.6 is 0 Å². The van der Waals surface area contributed by atoms with E-state index >= 15 is 0 Å². The monoisotopic (exact) mass is 298 g/mol. The van der Waals surface area contributed by atoms with Crippen LogP contribution in [0.25, 0.3) is 0 Å². The van der Waals surface area contributed by atoms with E-state index in [0.29, 0.717) is 13.1 Å². The number of carbonyl (C=O) groups excluding carboxylic acids is 1. The minimum atomic E-state index is -3.50. The van der Waals surface area contributed by atoms with Crippen molar-refractivity contribution in [1.29, 1.82) is 0 Å². The summed E-state index contributed by atoms with van der Waals surface area (Å²) < 4.78 is 26.6. The number of hydrogen-bond acceptors (Lipinski definition) is 3. The third-order valence-corrected chi connectivity index (χ3v) is 4.42. The number of sulfonamides is 1. The fraction of sp³-hybridized carbons (Fsp3) is 0.500. The third kappa shape index (κ3) is 4.94. The Morgan fingerprint density at radius 2 is 1.80 bits per heavy atom. The topological polar surface area (TPSA) is 66.5 Å². The molecule has 1 amide bonds. The van der Waals surface area contributed by atoms with Crippen molar-refractivity contribution in [1.82, 2.24) is 9.62 Å². The van der Waals surface area contributed by atoms with Gasteiger partial charge in [-0.25, -0.2) is 13.1 Å². The van der Waals surface area contributed by atoms with Gasteiger partial charge in [-0.15, -0.1) is 0 Å². The van der Waals surface area contributed by atoms with E-state index < -0.39 is 10.0 Å². The fourth-order valence-electron chi connectivity index (χ4n) is 1.81. The van der Waals surface area contributed by atoms with E-state index in [4.69, 9.17) is 0 Å². The van der Waals surface area contributed by atoms with E-state index in [1.54, 1.807) is 29.2 Å². The smallest absolute Gasteiger partial charge is 0.240 e. The number of nitrogens with one attached hydrogen (secondary N) is 1. The quantitative estimate of drug-likeness (QED) is 0.830. The highest BCUT2D eigenvalue weighted by Gasteiger charge is 2.14. The SMILES string of the molecule is CCCN(CCNS(=O)(=O)c1ccc(C)cc1)C(C)=O. The van der Waals surface area contributed by atoms with Crippen LogP contribution in [-0.2, 0) is 14.8 Å². The molecule has 1 aromatic carbocycles. The van der Waals surface area contributed by atoms with E-state index in [1.165, 1.54) is 6.92 Å². The van der Waals surface area contributed by atoms with E-state index in [0.717, 1.165) is 12.0 Å². The van der Waals surface area contributed by atoms with Crippen molar-refractivity contribution in [2.24, 2.45) is 0 Å². The largest absolute Gasteiger partial charge is 0.342 e. The third-order valence-electron chi connectivity index (χ3n) is 2.94. The lowest BCUT2D eigenvalue weighted by Gasteiger charge is -2.20. The molecule has 1 N–H and O–H groups in total. The Balaban J connectivity index is 2.59. The molecule has 0 saturated heterocycles. The highest BCUT2D eigenvalue weighted by molar-refractivity contribution is 7.89. The number of amides is 1. The van der Waals surface area contributed by atoms with Gasteiger partial charge in [-0.1, -0.05) is 24.6 Å². The summed E-state index contributed by atoms with van der Waals surface area (Å²) in [6.45, 7) is 6.61. The second kappa shape index (κ2) is 7.40. The summed E-state index contributed by atoms with van der Waals surface area (Å²) >= 11 is 0. The van der Waals surface area contributed by atoms with Crippen molar-refractivity contribution in [3.05, 3.63) is 29.8 Å². The van der Waals surface area contributed by atoms with Crippen LogP contribution in [0, 0.1) is 6.92 Å². The molecule has 5 nitrogen and oxygen atoms in total. The van der Waals surface area contributed by atoms with E-state index in [2.05, 4.69) is 4.72 Å². The number of nitrogens with zero attached hydrogens (tertiary/aromatic N) is 1. The molecule has 0 spiro atoms. The highest BCUT2D eigenvalue weighted by atomic mass is 32.2. The van der Waals surface area contributed by atoms with E-state index in [9.17, 15) is 13.2 Å². The first kappa shape index (κ1) is 16.7. The summed E-state index contributed by atoms with van der Waals surface area (Å²) in [7, 11) is -3.50. The number of hydrogen-bond donors (Lipinski definition) is 1. The predicted molar refractivity (Wildman–Crippen MR) is 78.9 cm³/mol. The first-order valence-electron chi connectivity index (χ1n) is 6.68. The Hall–Kier alpha value is -1.40. The molecule has 0 aliphatic heterocycles. The summed E-state index contributed by atoms with van der Waals surface area (Å²) in [4.78, 5) is 13.2. The number of benzene rings is 1. The molecule has 0 aliphatic carbocycles. The molecule has 1 aromatic rings. The van der Waals surface area contributed by atoms with Gasteiger partial charge in [-0.2, -0.15) is 0 Å². The van der Waals surface area contributed by atoms with Crippen molar-refractivity contribution in [2.45, 2.75) is 32.1 Å². The highest BCUT2D eigenvalue weighted by Crippen LogP contribution is 2.09. The van der Waals surface area contributed by atoms with Crippen LogP contribution in [0.3, 0.4) is 0 Å². The van der Waals surface area contributed by atoms with Crippen LogP contribution in [0.15, 0.2) is 29.2 Å². The summed E-state index contributed by atoms with van der Waals surface area (Å²) in [5, 5.41) is 0. The van der Waals surface area contributed by atoms with Crippen molar-refractivity contribution >= 4 is 15.9 Å². The van der Waals surface area contributed by atoms with E-state index in [1.807, 2.05) is 13.8 Å². The second-order valence-corrected chi connectivity index (χ2v) is 6.48. The molecule has 0 aliphatic rings. The maximum Gasteiger partial charge on any atom is 0.240 e. The number of carbonyl (C=O) groups is 1. The van der Waals surface area contributed by atoms with Crippen molar-refractivity contribution in [3.63, 3.8) is 0 Å². The second-order valence-electron chi connectivity index (χ2n) is 4.72. The Morgan fingerprint density at radius 1 is 1.20 bits per heavy atom. The maximum absolute atomic E-state index is 12.0. The molecule has 0 saturated carbocycles. The fourth-order valence-corrected chi connectivity index (χ4v) is 2.83. The molecule has 0 fully saturated rings. The summed E-state index contributed by atoms with van der Waals surface area (Å²) in [6.07, 6.45) is 0.851. The average molecular weight is 298 g/mol. The normalized spacial score (nSPS) is 11.3. The first-order valence-corrected chi connectivity index (χ1v) is 8.17. The predicted octanol–water partition coefficient (Wildman–Crippen LogP) is 1.53. The molecule has 0 atom stereocenters. The maximum atomic E-state index is 12.0. The summed E-state index contributed by atoms with van der Waals surface area (Å²) in [6, 6.07) is 6.67. The summed E-state index contributed by atoms with van der Waals surface area (Å²) in [5.41, 5.74) is 1.01. The van der Waals surface area contributed by atoms with Crippen molar-refractivity contribution in [3.8, 4) is 0 Å². The Labute approximate surface area is 121 Å². The minimum Gasteiger partial charge on any atom is -0.342 e. The molecule has 1 rings (SSSR count). The Morgan fingerprint density at radius 3 is 2.30 bits per heavy atom. The van der Waals surface area contributed by atoms with Gasteiger partial charge >= 0.3 is 0 Å². The molecule has 20 heavy (non-hydrogen) atoms. The zero-order chi connectivity index (χ0) is 15.2. The molecule has 6 heteroatoms. The van der Waals surface area contributed by atoms with Crippen LogP contribution < -0.4 is 4.72 Å². The Kier molecular flexibility index (Phi) is 6.16. The van der Waals surface area contributed by atoms with Crippen LogP contribution in [0.5, 0.6) is 0 Å². The van der Waals surface area contributed by atoms with Gasteiger partial charge in [0.1, 0.15) is 0 Å². The van der Waals surface area contributed by atoms with Crippen LogP contribution in [0.1, 0.15) is 25.8 Å². The van der Waals surface area contributed by atoms with Crippen LogP contribution in [0.4, 0.5) is 0 Å². The van der Waals surface area contributed by atoms with E-state index in [-0.39, 0.29) is 17.3 Å². The van der Waals surface area contributed by atoms with Gasteiger partial charge in [0.05, 0.1) is 4.90 Å². The summed E-state index contributed by atoms with van der Waals surface area (Å²) in [5.74, 6) is -0.0404. The first-order chi connectivity index (χ1) is 9.36. The van der Waals surface area contributed by atoms with Gasteiger partial charge in [-0.3, -0.25) is 4.79 Å². The molecule has 0 heterocycles. The lowest BCUT2D eigenvalue weighted by Crippen LogP contribution is -2.37. The van der Waals surface area contributed by atoms with Gasteiger partial charge in [0.15, 0.2) is 0 Å². The molecule has 0 unspecified atom stereocenters. The number of aryl methyl sites for hydroxylation is 1. The van der Waals surface area contributed by atoms with Gasteiger partial charge < -0.3 is 4.90 Å². The molecule has 112 valence electrons. The van der Waals surface area contributed by atoms with Gasteiger partial charge in [0.25, 0.3) is 0 Å². The lowest BCUT2D eigenvalue weighted by molar-refractivity contribution is -0.128. The molecule has 0 aromatic heterocycles. The van der Waals surface area contributed by atoms with Crippen LogP contribution in [-0.4, -0.2) is 38.9 Å². The zero-order valence-electron chi connectivity index (χ0n) is 12.2. The van der Waals surface area contributed by atoms with Gasteiger partial charge in [0, 0.05) is 26.6 Å². The van der Waals surface area contributed by atoms with Crippen LogP contribution in [0.2, 0.25) is 0 Å². The minimum absolute atomic E-state index is 0.0404. The van der Waals surface area contributed by atoms with Gasteiger partial charge in [-0.05, 0) is 25.5 Å². The molecule has 0 bridgehead atoms. The van der Waals surface area contributed by atoms with Gasteiger partial charge in [0.2, 0.25) is 15.9 Å². The lowest BCUT2D eigenvalue weighted by atomic mass is 10.2.